The number of Topliss-reactive ketones (excluding diaryl/α,β-unsaturated/α-hetero) is 1. The van der Waals surface area contributed by atoms with Crippen LogP contribution in [0.1, 0.15) is 43.1 Å². The first kappa shape index (κ1) is 20.2. The summed E-state index contributed by atoms with van der Waals surface area (Å²) in [6.07, 6.45) is 7.25. The van der Waals surface area contributed by atoms with Gasteiger partial charge in [-0.25, -0.2) is 4.98 Å². The van der Waals surface area contributed by atoms with Crippen LogP contribution in [0.5, 0.6) is 0 Å². The van der Waals surface area contributed by atoms with Crippen molar-refractivity contribution in [2.45, 2.75) is 38.0 Å². The summed E-state index contributed by atoms with van der Waals surface area (Å²) in [5.74, 6) is 1.62. The molecule has 1 saturated carbocycles. The van der Waals surface area contributed by atoms with E-state index in [2.05, 4.69) is 71.2 Å². The van der Waals surface area contributed by atoms with Gasteiger partial charge in [-0.2, -0.15) is 5.10 Å². The molecule has 2 aromatic carbocycles. The van der Waals surface area contributed by atoms with E-state index in [-0.39, 0.29) is 17.3 Å². The number of benzene rings is 2. The highest BCUT2D eigenvalue weighted by molar-refractivity contribution is 5.83. The van der Waals surface area contributed by atoms with E-state index in [1.807, 2.05) is 30.2 Å². The molecule has 6 rings (SSSR count). The lowest BCUT2D eigenvalue weighted by Crippen LogP contribution is -2.49. The summed E-state index contributed by atoms with van der Waals surface area (Å²) in [4.78, 5) is 18.2. The number of imidazole rings is 1. The van der Waals surface area contributed by atoms with Crippen LogP contribution in [-0.2, 0) is 23.7 Å². The highest BCUT2D eigenvalue weighted by Gasteiger charge is 2.54. The average molecular weight is 437 g/mol. The number of carbonyl (C=O) groups is 1. The van der Waals surface area contributed by atoms with Crippen LogP contribution in [0, 0.1) is 11.8 Å². The molecule has 0 saturated heterocycles. The van der Waals surface area contributed by atoms with Crippen molar-refractivity contribution in [3.63, 3.8) is 0 Å². The summed E-state index contributed by atoms with van der Waals surface area (Å²) in [5.41, 5.74) is 5.57. The molecule has 4 aromatic rings. The van der Waals surface area contributed by atoms with Crippen molar-refractivity contribution in [3.8, 4) is 17.1 Å². The summed E-state index contributed by atoms with van der Waals surface area (Å²) in [6, 6.07) is 21.3. The normalized spacial score (nSPS) is 24.4. The second-order valence-electron chi connectivity index (χ2n) is 9.54. The minimum absolute atomic E-state index is 0.0378. The Bertz CT molecular complexity index is 1320. The van der Waals surface area contributed by atoms with Crippen molar-refractivity contribution in [3.05, 3.63) is 90.0 Å². The zero-order chi connectivity index (χ0) is 22.6. The average Bonchev–Trinajstić information content (AvgIpc) is 3.46. The number of aromatic nitrogens is 4. The summed E-state index contributed by atoms with van der Waals surface area (Å²) >= 11 is 0. The van der Waals surface area contributed by atoms with Crippen LogP contribution in [0.15, 0.2) is 73.1 Å². The quantitative estimate of drug-likeness (QED) is 0.448. The third kappa shape index (κ3) is 2.95. The summed E-state index contributed by atoms with van der Waals surface area (Å²) < 4.78 is 4.16. The van der Waals surface area contributed by atoms with Crippen molar-refractivity contribution >= 4 is 5.78 Å². The van der Waals surface area contributed by atoms with Gasteiger partial charge in [0.1, 0.15) is 11.6 Å². The van der Waals surface area contributed by atoms with E-state index in [1.54, 1.807) is 0 Å². The first-order valence-corrected chi connectivity index (χ1v) is 11.8. The second kappa shape index (κ2) is 7.55. The van der Waals surface area contributed by atoms with E-state index in [0.717, 1.165) is 42.0 Å². The number of carbonyl (C=O) groups excluding carboxylic acids is 1. The van der Waals surface area contributed by atoms with Gasteiger partial charge in [-0.15, -0.1) is 0 Å². The Morgan fingerprint density at radius 2 is 1.73 bits per heavy atom. The maximum absolute atomic E-state index is 12.8. The van der Waals surface area contributed by atoms with Crippen molar-refractivity contribution in [2.75, 3.05) is 0 Å². The molecule has 0 radical (unpaired) electrons. The summed E-state index contributed by atoms with van der Waals surface area (Å²) in [6.45, 7) is 2.13. The van der Waals surface area contributed by atoms with Gasteiger partial charge in [-0.1, -0.05) is 55.5 Å². The van der Waals surface area contributed by atoms with Gasteiger partial charge < -0.3 is 0 Å². The van der Waals surface area contributed by atoms with Crippen LogP contribution in [-0.4, -0.2) is 25.1 Å². The lowest BCUT2D eigenvalue weighted by Gasteiger charge is -2.49. The monoisotopic (exact) mass is 436 g/mol. The van der Waals surface area contributed by atoms with Gasteiger partial charge in [0.15, 0.2) is 0 Å². The van der Waals surface area contributed by atoms with Crippen LogP contribution >= 0.6 is 0 Å². The Hall–Kier alpha value is -3.47. The molecule has 2 aromatic heterocycles. The van der Waals surface area contributed by atoms with E-state index in [9.17, 15) is 4.79 Å². The minimum atomic E-state index is -0.251. The first-order chi connectivity index (χ1) is 16.1. The number of aryl methyl sites for hydroxylation is 1. The highest BCUT2D eigenvalue weighted by atomic mass is 16.1. The van der Waals surface area contributed by atoms with Crippen LogP contribution in [0.3, 0.4) is 0 Å². The molecule has 2 aliphatic carbocycles. The molecule has 0 N–H and O–H groups in total. The van der Waals surface area contributed by atoms with Crippen molar-refractivity contribution in [1.82, 2.24) is 19.3 Å². The number of nitrogens with zero attached hydrogens (tertiary/aromatic N) is 4. The molecule has 166 valence electrons. The fourth-order valence-corrected chi connectivity index (χ4v) is 6.33. The number of para-hydroxylation sites is 1. The molecule has 2 heterocycles. The van der Waals surface area contributed by atoms with E-state index in [1.165, 1.54) is 11.3 Å². The zero-order valence-electron chi connectivity index (χ0n) is 19.1. The van der Waals surface area contributed by atoms with Crippen LogP contribution < -0.4 is 0 Å². The molecule has 1 fully saturated rings. The molecule has 5 heteroatoms. The molecule has 0 bridgehead atoms. The van der Waals surface area contributed by atoms with Crippen LogP contribution in [0.25, 0.3) is 17.1 Å². The molecular formula is C28H28N4O. The van der Waals surface area contributed by atoms with Crippen molar-refractivity contribution in [2.24, 2.45) is 18.9 Å². The van der Waals surface area contributed by atoms with Gasteiger partial charge in [0, 0.05) is 42.4 Å². The van der Waals surface area contributed by atoms with Crippen molar-refractivity contribution in [1.29, 1.82) is 0 Å². The molecule has 0 spiro atoms. The third-order valence-corrected chi connectivity index (χ3v) is 7.86. The van der Waals surface area contributed by atoms with Crippen molar-refractivity contribution < 1.29 is 4.79 Å². The zero-order valence-corrected chi connectivity index (χ0v) is 19.1. The van der Waals surface area contributed by atoms with Gasteiger partial charge in [-0.05, 0) is 42.9 Å². The Morgan fingerprint density at radius 1 is 1.00 bits per heavy atom. The van der Waals surface area contributed by atoms with E-state index < -0.39 is 0 Å². The molecule has 3 atom stereocenters. The van der Waals surface area contributed by atoms with E-state index in [4.69, 9.17) is 4.98 Å². The molecular weight excluding hydrogens is 408 g/mol. The second-order valence-corrected chi connectivity index (χ2v) is 9.54. The fourth-order valence-electron chi connectivity index (χ4n) is 6.33. The topological polar surface area (TPSA) is 52.7 Å². The maximum Gasteiger partial charge on any atom is 0.148 e. The molecule has 0 aliphatic heterocycles. The van der Waals surface area contributed by atoms with Gasteiger partial charge in [0.05, 0.1) is 17.5 Å². The molecule has 0 amide bonds. The number of hydrogen-bond donors (Lipinski definition) is 0. The smallest absolute Gasteiger partial charge is 0.148 e. The Labute approximate surface area is 194 Å². The number of fused-ring (bicyclic) bond motifs is 3. The third-order valence-electron chi connectivity index (χ3n) is 7.86. The van der Waals surface area contributed by atoms with Gasteiger partial charge in [0.25, 0.3) is 0 Å². The standard InChI is InChI=1S/C28H28N4O/c1-19-23-13-14-24-26(28(23,16-15-25(19)33)21-9-5-3-6-10-21)30-27(20-17-29-31(2)18-20)32(24)22-11-7-4-8-12-22/h3-12,17-19,23H,13-16H2,1-2H3/t19-,23-,28+/m0/s1. The molecule has 0 unspecified atom stereocenters. The Kier molecular flexibility index (Phi) is 4.61. The number of ketones is 1. The lowest BCUT2D eigenvalue weighted by atomic mass is 9.53. The fraction of sp³-hybridized carbons (Fsp3) is 0.321. The largest absolute Gasteiger partial charge is 0.299 e. The number of rotatable bonds is 3. The maximum atomic E-state index is 12.8. The van der Waals surface area contributed by atoms with Crippen LogP contribution in [0.2, 0.25) is 0 Å². The minimum Gasteiger partial charge on any atom is -0.299 e. The van der Waals surface area contributed by atoms with Crippen LogP contribution in [0.4, 0.5) is 0 Å². The van der Waals surface area contributed by atoms with E-state index in [0.29, 0.717) is 12.2 Å². The van der Waals surface area contributed by atoms with E-state index >= 15 is 0 Å². The van der Waals surface area contributed by atoms with Gasteiger partial charge in [0.2, 0.25) is 0 Å². The summed E-state index contributed by atoms with van der Waals surface area (Å²) in [5, 5.41) is 4.43. The Morgan fingerprint density at radius 3 is 2.42 bits per heavy atom. The number of hydrogen-bond acceptors (Lipinski definition) is 3. The SMILES string of the molecule is C[C@@H]1C(=O)CC[C@]2(c3ccccc3)c3nc(-c4cnn(C)c4)n(-c4ccccc4)c3CC[C@@H]12. The van der Waals surface area contributed by atoms with Gasteiger partial charge >= 0.3 is 0 Å². The molecule has 33 heavy (non-hydrogen) atoms. The predicted octanol–water partition coefficient (Wildman–Crippen LogP) is 5.12. The summed E-state index contributed by atoms with van der Waals surface area (Å²) in [7, 11) is 1.94. The predicted molar refractivity (Wildman–Crippen MR) is 128 cm³/mol. The Balaban J connectivity index is 1.66. The molecule has 5 nitrogen and oxygen atoms in total. The lowest BCUT2D eigenvalue weighted by molar-refractivity contribution is -0.128. The highest BCUT2D eigenvalue weighted by Crippen LogP contribution is 2.55. The molecule has 2 aliphatic rings. The first-order valence-electron chi connectivity index (χ1n) is 11.8. The van der Waals surface area contributed by atoms with Gasteiger partial charge in [-0.3, -0.25) is 14.0 Å².